The summed E-state index contributed by atoms with van der Waals surface area (Å²) in [6.45, 7) is 5.08. The first-order valence-corrected chi connectivity index (χ1v) is 5.10. The van der Waals surface area contributed by atoms with Crippen LogP contribution in [0, 0.1) is 5.41 Å². The smallest absolute Gasteiger partial charge is 0.152 e. The van der Waals surface area contributed by atoms with Crippen molar-refractivity contribution in [2.24, 2.45) is 5.41 Å². The van der Waals surface area contributed by atoms with E-state index in [0.717, 1.165) is 6.54 Å². The molecule has 0 N–H and O–H groups in total. The zero-order valence-electron chi connectivity index (χ0n) is 8.25. The molecule has 0 aromatic rings. The van der Waals surface area contributed by atoms with Gasteiger partial charge < -0.3 is 0 Å². The number of rotatable bonds is 3. The summed E-state index contributed by atoms with van der Waals surface area (Å²) < 4.78 is 0. The van der Waals surface area contributed by atoms with Gasteiger partial charge in [0.25, 0.3) is 0 Å². The molecule has 0 atom stereocenters. The lowest BCUT2D eigenvalue weighted by Gasteiger charge is -2.56. The Morgan fingerprint density at radius 1 is 1.46 bits per heavy atom. The molecule has 72 valence electrons. The number of ketones is 1. The fourth-order valence-corrected chi connectivity index (χ4v) is 2.39. The Bertz CT molecular complexity index is 232. The van der Waals surface area contributed by atoms with Crippen molar-refractivity contribution in [2.75, 3.05) is 19.6 Å². The number of hydrogen-bond donors (Lipinski definition) is 0. The molecule has 1 saturated carbocycles. The fourth-order valence-electron chi connectivity index (χ4n) is 2.39. The fraction of sp³-hybridized carbons (Fsp3) is 0.727. The Hall–Kier alpha value is -0.630. The molecule has 13 heavy (non-hydrogen) atoms. The van der Waals surface area contributed by atoms with Gasteiger partial charge in [-0.3, -0.25) is 9.69 Å². The Morgan fingerprint density at radius 2 is 2.15 bits per heavy atom. The van der Waals surface area contributed by atoms with Crippen molar-refractivity contribution in [1.82, 2.24) is 4.90 Å². The van der Waals surface area contributed by atoms with E-state index < -0.39 is 0 Å². The molecule has 2 heteroatoms. The summed E-state index contributed by atoms with van der Waals surface area (Å²) in [5.41, 5.74) is 0.712. The van der Waals surface area contributed by atoms with Gasteiger partial charge >= 0.3 is 0 Å². The van der Waals surface area contributed by atoms with Gasteiger partial charge in [-0.25, -0.2) is 0 Å². The van der Waals surface area contributed by atoms with E-state index in [1.54, 1.807) is 13.0 Å². The van der Waals surface area contributed by atoms with E-state index in [4.69, 9.17) is 0 Å². The summed E-state index contributed by atoms with van der Waals surface area (Å²) in [5, 5.41) is 0. The topological polar surface area (TPSA) is 20.3 Å². The van der Waals surface area contributed by atoms with Gasteiger partial charge in [-0.1, -0.05) is 12.5 Å². The van der Waals surface area contributed by atoms with E-state index in [0.29, 0.717) is 5.41 Å². The summed E-state index contributed by atoms with van der Waals surface area (Å²) in [4.78, 5) is 13.0. The van der Waals surface area contributed by atoms with E-state index >= 15 is 0 Å². The third-order valence-corrected chi connectivity index (χ3v) is 3.25. The lowest BCUT2D eigenvalue weighted by Crippen LogP contribution is -2.59. The average molecular weight is 179 g/mol. The number of carbonyl (C=O) groups excluding carboxylic acids is 1. The van der Waals surface area contributed by atoms with E-state index in [-0.39, 0.29) is 5.78 Å². The molecule has 0 bridgehead atoms. The molecule has 2 rings (SSSR count). The van der Waals surface area contributed by atoms with Gasteiger partial charge in [0, 0.05) is 19.6 Å². The quantitative estimate of drug-likeness (QED) is 0.614. The third-order valence-electron chi connectivity index (χ3n) is 3.25. The van der Waals surface area contributed by atoms with Crippen molar-refractivity contribution in [1.29, 1.82) is 0 Å². The Balaban J connectivity index is 1.66. The van der Waals surface area contributed by atoms with Crippen molar-refractivity contribution >= 4 is 5.78 Å². The molecule has 1 spiro atoms. The first kappa shape index (κ1) is 8.95. The van der Waals surface area contributed by atoms with Crippen LogP contribution in [0.5, 0.6) is 0 Å². The van der Waals surface area contributed by atoms with Crippen LogP contribution in [-0.2, 0) is 4.79 Å². The molecule has 1 aliphatic carbocycles. The minimum Gasteiger partial charge on any atom is -0.298 e. The van der Waals surface area contributed by atoms with Crippen LogP contribution in [0.4, 0.5) is 0 Å². The van der Waals surface area contributed by atoms with Gasteiger partial charge in [-0.15, -0.1) is 0 Å². The molecule has 0 unspecified atom stereocenters. The van der Waals surface area contributed by atoms with E-state index in [2.05, 4.69) is 4.90 Å². The third kappa shape index (κ3) is 1.83. The molecule has 2 fully saturated rings. The van der Waals surface area contributed by atoms with Crippen molar-refractivity contribution in [3.8, 4) is 0 Å². The lowest BCUT2D eigenvalue weighted by molar-refractivity contribution is -0.112. The highest BCUT2D eigenvalue weighted by Crippen LogP contribution is 2.47. The highest BCUT2D eigenvalue weighted by atomic mass is 16.1. The second-order valence-electron chi connectivity index (χ2n) is 4.54. The molecule has 0 aromatic carbocycles. The highest BCUT2D eigenvalue weighted by Gasteiger charge is 2.46. The number of hydrogen-bond acceptors (Lipinski definition) is 2. The first-order valence-electron chi connectivity index (χ1n) is 5.10. The minimum absolute atomic E-state index is 0.152. The first-order chi connectivity index (χ1) is 6.20. The van der Waals surface area contributed by atoms with Crippen LogP contribution in [0.3, 0.4) is 0 Å². The Kier molecular flexibility index (Phi) is 2.24. The van der Waals surface area contributed by atoms with Gasteiger partial charge in [-0.05, 0) is 31.3 Å². The minimum atomic E-state index is 0.152. The van der Waals surface area contributed by atoms with Crippen molar-refractivity contribution < 1.29 is 4.79 Å². The summed E-state index contributed by atoms with van der Waals surface area (Å²) in [7, 11) is 0. The summed E-state index contributed by atoms with van der Waals surface area (Å²) in [5.74, 6) is 0.152. The number of likely N-dealkylation sites (tertiary alicyclic amines) is 1. The molecule has 2 nitrogen and oxygen atoms in total. The summed E-state index contributed by atoms with van der Waals surface area (Å²) in [6.07, 6.45) is 7.94. The van der Waals surface area contributed by atoms with Crippen molar-refractivity contribution in [3.63, 3.8) is 0 Å². The lowest BCUT2D eigenvalue weighted by atomic mass is 9.63. The molecule has 2 aliphatic rings. The molecule has 1 heterocycles. The SMILES string of the molecule is CC(=O)/C=C/CN1CC2(CCC2)C1. The predicted octanol–water partition coefficient (Wildman–Crippen LogP) is 1.62. The Morgan fingerprint density at radius 3 is 2.62 bits per heavy atom. The molecule has 1 saturated heterocycles. The maximum Gasteiger partial charge on any atom is 0.152 e. The van der Waals surface area contributed by atoms with Crippen LogP contribution in [0.15, 0.2) is 12.2 Å². The average Bonchev–Trinajstić information content (AvgIpc) is 1.89. The largest absolute Gasteiger partial charge is 0.298 e. The summed E-state index contributed by atoms with van der Waals surface area (Å²) in [6, 6.07) is 0. The molecular formula is C11H17NO. The maximum absolute atomic E-state index is 10.6. The predicted molar refractivity (Wildman–Crippen MR) is 52.5 cm³/mol. The van der Waals surface area contributed by atoms with E-state index in [1.165, 1.54) is 32.4 Å². The molecular weight excluding hydrogens is 162 g/mol. The number of nitrogens with zero attached hydrogens (tertiary/aromatic N) is 1. The number of carbonyl (C=O) groups is 1. The van der Waals surface area contributed by atoms with Crippen molar-refractivity contribution in [3.05, 3.63) is 12.2 Å². The monoisotopic (exact) mass is 179 g/mol. The van der Waals surface area contributed by atoms with Crippen LogP contribution >= 0.6 is 0 Å². The van der Waals surface area contributed by atoms with E-state index in [1.807, 2.05) is 6.08 Å². The molecule has 0 radical (unpaired) electrons. The highest BCUT2D eigenvalue weighted by molar-refractivity contribution is 5.87. The van der Waals surface area contributed by atoms with Crippen LogP contribution in [0.25, 0.3) is 0 Å². The zero-order valence-corrected chi connectivity index (χ0v) is 8.25. The second kappa shape index (κ2) is 3.26. The van der Waals surface area contributed by atoms with Gasteiger partial charge in [0.15, 0.2) is 5.78 Å². The van der Waals surface area contributed by atoms with E-state index in [9.17, 15) is 4.79 Å². The normalized spacial score (nSPS) is 25.9. The number of allylic oxidation sites excluding steroid dienone is 1. The van der Waals surface area contributed by atoms with Gasteiger partial charge in [0.1, 0.15) is 0 Å². The van der Waals surface area contributed by atoms with Crippen molar-refractivity contribution in [2.45, 2.75) is 26.2 Å². The van der Waals surface area contributed by atoms with Gasteiger partial charge in [0.2, 0.25) is 0 Å². The molecule has 0 amide bonds. The van der Waals surface area contributed by atoms with Crippen LogP contribution in [0.2, 0.25) is 0 Å². The van der Waals surface area contributed by atoms with Crippen LogP contribution in [-0.4, -0.2) is 30.3 Å². The Labute approximate surface area is 79.6 Å². The second-order valence-corrected chi connectivity index (χ2v) is 4.54. The molecule has 0 aromatic heterocycles. The van der Waals surface area contributed by atoms with Crippen LogP contribution in [0.1, 0.15) is 26.2 Å². The standard InChI is InChI=1S/C11H17NO/c1-10(13)4-2-7-12-8-11(9-12)5-3-6-11/h2,4H,3,5-9H2,1H3/b4-2+. The van der Waals surface area contributed by atoms with Crippen LogP contribution < -0.4 is 0 Å². The molecule has 1 aliphatic heterocycles. The van der Waals surface area contributed by atoms with Gasteiger partial charge in [0.05, 0.1) is 0 Å². The zero-order chi connectivity index (χ0) is 9.31. The summed E-state index contributed by atoms with van der Waals surface area (Å²) >= 11 is 0. The van der Waals surface area contributed by atoms with Gasteiger partial charge in [-0.2, -0.15) is 0 Å². The maximum atomic E-state index is 10.6.